The van der Waals surface area contributed by atoms with E-state index in [1.54, 1.807) is 18.2 Å². The van der Waals surface area contributed by atoms with Gasteiger partial charge < -0.3 is 14.8 Å². The Morgan fingerprint density at radius 2 is 1.69 bits per heavy atom. The summed E-state index contributed by atoms with van der Waals surface area (Å²) < 4.78 is 49.2. The van der Waals surface area contributed by atoms with Gasteiger partial charge in [0.05, 0.1) is 5.56 Å². The van der Waals surface area contributed by atoms with Crippen LogP contribution in [0.4, 0.5) is 18.9 Å². The quantitative estimate of drug-likeness (QED) is 0.508. The normalized spacial score (nSPS) is 14.1. The van der Waals surface area contributed by atoms with Crippen molar-refractivity contribution >= 4 is 37.8 Å². The van der Waals surface area contributed by atoms with E-state index in [1.807, 2.05) is 22.6 Å². The molecule has 0 aromatic heterocycles. The van der Waals surface area contributed by atoms with Crippen molar-refractivity contribution in [1.29, 1.82) is 0 Å². The number of hydrogen-bond donors (Lipinski definition) is 1. The predicted octanol–water partition coefficient (Wildman–Crippen LogP) is 4.89. The second kappa shape index (κ2) is 7.56. The van der Waals surface area contributed by atoms with E-state index in [0.717, 1.165) is 12.1 Å². The molecule has 0 fully saturated rings. The summed E-state index contributed by atoms with van der Waals surface area (Å²) in [7, 11) is 0. The first kappa shape index (κ1) is 18.6. The largest absolute Gasteiger partial charge is 0.486 e. The van der Waals surface area contributed by atoms with Crippen LogP contribution in [-0.2, 0) is 11.0 Å². The van der Waals surface area contributed by atoms with Crippen LogP contribution in [0.3, 0.4) is 0 Å². The van der Waals surface area contributed by atoms with Crippen LogP contribution in [-0.4, -0.2) is 19.1 Å². The monoisotopic (exact) mass is 475 g/mol. The molecule has 0 radical (unpaired) electrons. The number of carbonyl (C=O) groups excluding carboxylic acids is 1. The third-order valence-corrected chi connectivity index (χ3v) is 4.49. The number of benzene rings is 2. The van der Waals surface area contributed by atoms with Crippen LogP contribution >= 0.6 is 22.6 Å². The van der Waals surface area contributed by atoms with E-state index in [1.165, 1.54) is 18.2 Å². The van der Waals surface area contributed by atoms with Crippen molar-refractivity contribution < 1.29 is 27.4 Å². The maximum Gasteiger partial charge on any atom is 0.416 e. The maximum atomic E-state index is 12.6. The molecule has 2 aromatic carbocycles. The first-order chi connectivity index (χ1) is 12.3. The van der Waals surface area contributed by atoms with Crippen molar-refractivity contribution in [2.45, 2.75) is 6.18 Å². The fourth-order valence-electron chi connectivity index (χ4n) is 2.32. The summed E-state index contributed by atoms with van der Waals surface area (Å²) >= 11 is 1.91. The predicted molar refractivity (Wildman–Crippen MR) is 99.5 cm³/mol. The molecule has 1 N–H and O–H groups in total. The minimum absolute atomic E-state index is 0.397. The molecule has 0 unspecified atom stereocenters. The third kappa shape index (κ3) is 4.48. The molecule has 136 valence electrons. The number of rotatable bonds is 3. The molecule has 0 atom stereocenters. The number of nitrogens with one attached hydrogen (secondary N) is 1. The lowest BCUT2D eigenvalue weighted by Gasteiger charge is -2.18. The Balaban J connectivity index is 1.70. The van der Waals surface area contributed by atoms with Crippen molar-refractivity contribution in [3.63, 3.8) is 0 Å². The smallest absolute Gasteiger partial charge is 0.416 e. The zero-order valence-electron chi connectivity index (χ0n) is 13.3. The number of ether oxygens (including phenoxy) is 2. The van der Waals surface area contributed by atoms with Gasteiger partial charge in [-0.15, -0.1) is 0 Å². The van der Waals surface area contributed by atoms with E-state index >= 15 is 0 Å². The summed E-state index contributed by atoms with van der Waals surface area (Å²) in [4.78, 5) is 12.1. The highest BCUT2D eigenvalue weighted by molar-refractivity contribution is 14.1. The Morgan fingerprint density at radius 1 is 1.04 bits per heavy atom. The van der Waals surface area contributed by atoms with E-state index < -0.39 is 17.6 Å². The summed E-state index contributed by atoms with van der Waals surface area (Å²) in [5.41, 5.74) is 0.328. The lowest BCUT2D eigenvalue weighted by Crippen LogP contribution is -2.16. The lowest BCUT2D eigenvalue weighted by molar-refractivity contribution is -0.137. The van der Waals surface area contributed by atoms with Crippen LogP contribution in [0.1, 0.15) is 11.1 Å². The number of anilines is 1. The Morgan fingerprint density at radius 3 is 2.35 bits per heavy atom. The van der Waals surface area contributed by atoms with Gasteiger partial charge in [0.15, 0.2) is 11.5 Å². The van der Waals surface area contributed by atoms with Crippen LogP contribution < -0.4 is 14.8 Å². The van der Waals surface area contributed by atoms with Crippen molar-refractivity contribution in [1.82, 2.24) is 0 Å². The fraction of sp³-hybridized carbons (Fsp3) is 0.167. The molecule has 0 saturated heterocycles. The Hall–Kier alpha value is -2.23. The number of carbonyl (C=O) groups is 1. The minimum Gasteiger partial charge on any atom is -0.486 e. The number of alkyl halides is 3. The standard InChI is InChI=1S/C18H13F3INO3/c19-18(20,21)12-3-1-11(2-4-12)14(22)10-17(24)23-13-5-6-15-16(9-13)26-8-7-25-15/h1-6,9-10H,7-8H2,(H,23,24)/b14-10-. The molecule has 2 aromatic rings. The molecule has 0 spiro atoms. The van der Waals surface area contributed by atoms with Gasteiger partial charge in [-0.2, -0.15) is 13.2 Å². The van der Waals surface area contributed by atoms with E-state index in [2.05, 4.69) is 5.32 Å². The number of hydrogen-bond acceptors (Lipinski definition) is 3. The molecule has 4 nitrogen and oxygen atoms in total. The van der Waals surface area contributed by atoms with Gasteiger partial charge in [-0.25, -0.2) is 0 Å². The molecule has 0 bridgehead atoms. The van der Waals surface area contributed by atoms with Crippen molar-refractivity contribution in [3.8, 4) is 11.5 Å². The van der Waals surface area contributed by atoms with Crippen LogP contribution in [0.15, 0.2) is 48.5 Å². The average molecular weight is 475 g/mol. The molecule has 3 rings (SSSR count). The van der Waals surface area contributed by atoms with E-state index in [-0.39, 0.29) is 0 Å². The zero-order valence-corrected chi connectivity index (χ0v) is 15.4. The highest BCUT2D eigenvalue weighted by Crippen LogP contribution is 2.33. The first-order valence-corrected chi connectivity index (χ1v) is 8.66. The summed E-state index contributed by atoms with van der Waals surface area (Å²) in [5.74, 6) is 0.769. The molecule has 1 aliphatic heterocycles. The van der Waals surface area contributed by atoms with Crippen LogP contribution in [0.25, 0.3) is 3.58 Å². The van der Waals surface area contributed by atoms with Crippen LogP contribution in [0, 0.1) is 0 Å². The van der Waals surface area contributed by atoms with E-state index in [4.69, 9.17) is 9.47 Å². The Kier molecular flexibility index (Phi) is 5.40. The van der Waals surface area contributed by atoms with Crippen LogP contribution in [0.2, 0.25) is 0 Å². The van der Waals surface area contributed by atoms with Gasteiger partial charge in [0.1, 0.15) is 13.2 Å². The molecular weight excluding hydrogens is 462 g/mol. The molecule has 1 amide bonds. The zero-order chi connectivity index (χ0) is 18.7. The Labute approximate surface area is 161 Å². The molecule has 26 heavy (non-hydrogen) atoms. The SMILES string of the molecule is O=C(/C=C(\I)c1ccc(C(F)(F)F)cc1)Nc1ccc2c(c1)OCCO2. The van der Waals surface area contributed by atoms with Gasteiger partial charge in [0.25, 0.3) is 0 Å². The molecule has 0 saturated carbocycles. The summed E-state index contributed by atoms with van der Waals surface area (Å²) in [6.45, 7) is 0.920. The summed E-state index contributed by atoms with van der Waals surface area (Å²) in [5, 5.41) is 2.69. The van der Waals surface area contributed by atoms with Crippen molar-refractivity contribution in [2.24, 2.45) is 0 Å². The van der Waals surface area contributed by atoms with Crippen LogP contribution in [0.5, 0.6) is 11.5 Å². The van der Waals surface area contributed by atoms with Gasteiger partial charge in [-0.1, -0.05) is 12.1 Å². The molecule has 0 aliphatic carbocycles. The third-order valence-electron chi connectivity index (χ3n) is 3.56. The highest BCUT2D eigenvalue weighted by atomic mass is 127. The van der Waals surface area contributed by atoms with Gasteiger partial charge in [0, 0.05) is 21.4 Å². The average Bonchev–Trinajstić information content (AvgIpc) is 2.61. The second-order valence-corrected chi connectivity index (χ2v) is 6.58. The number of halogens is 4. The number of fused-ring (bicyclic) bond motifs is 1. The van der Waals surface area contributed by atoms with Gasteiger partial charge in [-0.3, -0.25) is 4.79 Å². The number of amides is 1. The van der Waals surface area contributed by atoms with Gasteiger partial charge in [0.2, 0.25) is 5.91 Å². The lowest BCUT2D eigenvalue weighted by atomic mass is 10.1. The van der Waals surface area contributed by atoms with E-state index in [0.29, 0.717) is 39.5 Å². The molecule has 1 heterocycles. The molecular formula is C18H13F3INO3. The first-order valence-electron chi connectivity index (χ1n) is 7.58. The maximum absolute atomic E-state index is 12.6. The van der Waals surface area contributed by atoms with Crippen molar-refractivity contribution in [3.05, 3.63) is 59.7 Å². The second-order valence-electron chi connectivity index (χ2n) is 5.42. The fourth-order valence-corrected chi connectivity index (χ4v) is 2.96. The van der Waals surface area contributed by atoms with Crippen molar-refractivity contribution in [2.75, 3.05) is 18.5 Å². The minimum atomic E-state index is -4.39. The molecule has 1 aliphatic rings. The molecule has 8 heteroatoms. The summed E-state index contributed by atoms with van der Waals surface area (Å²) in [6.07, 6.45) is -3.07. The van der Waals surface area contributed by atoms with Gasteiger partial charge in [-0.05, 0) is 52.4 Å². The highest BCUT2D eigenvalue weighted by Gasteiger charge is 2.30. The Bertz CT molecular complexity index is 848. The van der Waals surface area contributed by atoms with Gasteiger partial charge >= 0.3 is 6.18 Å². The topological polar surface area (TPSA) is 47.6 Å². The summed E-state index contributed by atoms with van der Waals surface area (Å²) in [6, 6.07) is 9.68. The van der Waals surface area contributed by atoms with E-state index in [9.17, 15) is 18.0 Å².